The first kappa shape index (κ1) is 80.4. The second kappa shape index (κ2) is 57.9. The van der Waals surface area contributed by atoms with Crippen LogP contribution in [0.1, 0.15) is 0 Å². The monoisotopic (exact) mass is 508 g/mol. The van der Waals surface area contributed by atoms with Crippen molar-refractivity contribution in [2.24, 2.45) is 0 Å². The molecule has 0 N–H and O–H groups in total. The van der Waals surface area contributed by atoms with Gasteiger partial charge in [-0.2, -0.15) is 0 Å². The summed E-state index contributed by atoms with van der Waals surface area (Å²) in [5.74, 6) is 0. The van der Waals surface area contributed by atoms with Gasteiger partial charge in [0, 0.05) is 0 Å². The first-order valence-electron chi connectivity index (χ1n) is 0. The minimum atomic E-state index is 0. The Kier molecular flexibility index (Phi) is 665. The predicted octanol–water partition coefficient (Wildman–Crippen LogP) is -1.88. The third kappa shape index (κ3) is 44.9. The summed E-state index contributed by atoms with van der Waals surface area (Å²) in [6, 6.07) is 0. The van der Waals surface area contributed by atoms with Crippen molar-refractivity contribution in [2.45, 2.75) is 0 Å². The van der Waals surface area contributed by atoms with Gasteiger partial charge in [0.15, 0.2) is 0 Å². The molecule has 0 rings (SSSR count). The molecule has 0 aliphatic rings. The molecule has 0 aliphatic carbocycles. The van der Waals surface area contributed by atoms with Gasteiger partial charge in [-0.3, -0.25) is 0 Å². The minimum Gasteiger partial charge on any atom is -2.00 e. The summed E-state index contributed by atoms with van der Waals surface area (Å²) >= 11 is 0. The van der Waals surface area contributed by atoms with Crippen molar-refractivity contribution in [3.8, 4) is 0 Å². The molecule has 0 heterocycles. The SMILES string of the molecule is [In+3].[In+3].[In+3].[In+3].[O-2].[O-2].[O-2]. The van der Waals surface area contributed by atoms with E-state index in [1.54, 1.807) is 0 Å². The summed E-state index contributed by atoms with van der Waals surface area (Å²) in [5.41, 5.74) is 0. The molecule has 0 radical (unpaired) electrons. The van der Waals surface area contributed by atoms with Crippen molar-refractivity contribution >= 4 is 103 Å². The third-order valence-electron chi connectivity index (χ3n) is 0. The fraction of sp³-hybridized carbons (Fsp3) is 0. The zero-order chi connectivity index (χ0) is 0. The van der Waals surface area contributed by atoms with E-state index in [2.05, 4.69) is 0 Å². The van der Waals surface area contributed by atoms with E-state index in [0.29, 0.717) is 0 Å². The van der Waals surface area contributed by atoms with E-state index in [1.807, 2.05) is 0 Å². The van der Waals surface area contributed by atoms with Gasteiger partial charge in [-0.05, 0) is 0 Å². The molecule has 0 saturated heterocycles. The molecule has 7 heteroatoms. The molecule has 0 aliphatic heterocycles. The molecular formula is In4O3+6. The van der Waals surface area contributed by atoms with E-state index < -0.39 is 0 Å². The molecule has 3 nitrogen and oxygen atoms in total. The largest absolute Gasteiger partial charge is 3.00 e. The van der Waals surface area contributed by atoms with Gasteiger partial charge in [0.1, 0.15) is 0 Å². The maximum absolute atomic E-state index is 0. The Morgan fingerprint density at radius 1 is 0.286 bits per heavy atom. The van der Waals surface area contributed by atoms with Crippen LogP contribution in [0.15, 0.2) is 0 Å². The van der Waals surface area contributed by atoms with Crippen molar-refractivity contribution in [1.29, 1.82) is 0 Å². The molecule has 0 atom stereocenters. The number of hydrogen-bond acceptors (Lipinski definition) is 0. The summed E-state index contributed by atoms with van der Waals surface area (Å²) in [6.07, 6.45) is 0. The Morgan fingerprint density at radius 3 is 0.286 bits per heavy atom. The molecule has 0 bridgehead atoms. The smallest absolute Gasteiger partial charge is 2.00 e. The minimum absolute atomic E-state index is 0. The van der Waals surface area contributed by atoms with Crippen LogP contribution in [0.3, 0.4) is 0 Å². The number of rotatable bonds is 0. The second-order valence-corrected chi connectivity index (χ2v) is 0. The third-order valence-corrected chi connectivity index (χ3v) is 0. The second-order valence-electron chi connectivity index (χ2n) is 0. The Hall–Kier alpha value is 3.36. The molecule has 0 fully saturated rings. The van der Waals surface area contributed by atoms with Gasteiger partial charge in [0.25, 0.3) is 0 Å². The normalized spacial score (nSPS) is 0. The van der Waals surface area contributed by atoms with Crippen LogP contribution in [0, 0.1) is 0 Å². The van der Waals surface area contributed by atoms with E-state index in [0.717, 1.165) is 0 Å². The van der Waals surface area contributed by atoms with Crippen LogP contribution in [0.5, 0.6) is 0 Å². The van der Waals surface area contributed by atoms with E-state index >= 15 is 0 Å². The summed E-state index contributed by atoms with van der Waals surface area (Å²) in [5, 5.41) is 0. The van der Waals surface area contributed by atoms with Crippen LogP contribution in [-0.2, 0) is 16.4 Å². The van der Waals surface area contributed by atoms with Crippen LogP contribution in [0.25, 0.3) is 0 Å². The summed E-state index contributed by atoms with van der Waals surface area (Å²) in [4.78, 5) is 0. The molecule has 0 spiro atoms. The zero-order valence-electron chi connectivity index (χ0n) is 3.53. The van der Waals surface area contributed by atoms with Crippen LogP contribution in [-0.4, -0.2) is 103 Å². The predicted molar refractivity (Wildman–Crippen MR) is 25.1 cm³/mol. The standard InChI is InChI=1S/4In.3O/q4*+3;3*-2. The van der Waals surface area contributed by atoms with Gasteiger partial charge >= 0.3 is 103 Å². The summed E-state index contributed by atoms with van der Waals surface area (Å²) in [7, 11) is 0. The molecule has 24 valence electrons. The van der Waals surface area contributed by atoms with Crippen LogP contribution < -0.4 is 0 Å². The quantitative estimate of drug-likeness (QED) is 0.368. The van der Waals surface area contributed by atoms with Crippen molar-refractivity contribution in [2.75, 3.05) is 0 Å². The topological polar surface area (TPSA) is 85.5 Å². The maximum Gasteiger partial charge on any atom is 3.00 e. The molecule has 0 aromatic heterocycles. The Morgan fingerprint density at radius 2 is 0.286 bits per heavy atom. The summed E-state index contributed by atoms with van der Waals surface area (Å²) in [6.45, 7) is 0. The Labute approximate surface area is 117 Å². The van der Waals surface area contributed by atoms with Crippen molar-refractivity contribution in [3.05, 3.63) is 0 Å². The van der Waals surface area contributed by atoms with Gasteiger partial charge in [-0.25, -0.2) is 0 Å². The molecule has 7 heavy (non-hydrogen) atoms. The van der Waals surface area contributed by atoms with Crippen molar-refractivity contribution in [3.63, 3.8) is 0 Å². The Balaban J connectivity index is 0. The van der Waals surface area contributed by atoms with Crippen molar-refractivity contribution < 1.29 is 16.4 Å². The van der Waals surface area contributed by atoms with Gasteiger partial charge in [-0.1, -0.05) is 0 Å². The molecular weight excluding hydrogens is 507 g/mol. The Bertz CT molecular complexity index is 6.90. The van der Waals surface area contributed by atoms with E-state index in [9.17, 15) is 0 Å². The fourth-order valence-corrected chi connectivity index (χ4v) is 0. The zero-order valence-corrected chi connectivity index (χ0v) is 16.7. The van der Waals surface area contributed by atoms with Crippen molar-refractivity contribution in [1.82, 2.24) is 0 Å². The van der Waals surface area contributed by atoms with Gasteiger partial charge in [-0.15, -0.1) is 0 Å². The van der Waals surface area contributed by atoms with E-state index in [-0.39, 0.29) is 120 Å². The fourth-order valence-electron chi connectivity index (χ4n) is 0. The molecule has 0 saturated carbocycles. The van der Waals surface area contributed by atoms with Gasteiger partial charge in [0.2, 0.25) is 0 Å². The van der Waals surface area contributed by atoms with Crippen LogP contribution >= 0.6 is 0 Å². The first-order chi connectivity index (χ1) is 0. The van der Waals surface area contributed by atoms with E-state index in [1.165, 1.54) is 0 Å². The van der Waals surface area contributed by atoms with Crippen LogP contribution in [0.2, 0.25) is 0 Å². The average molecular weight is 507 g/mol. The first-order valence-corrected chi connectivity index (χ1v) is 0. The molecule has 0 aromatic rings. The van der Waals surface area contributed by atoms with Gasteiger partial charge in [0.05, 0.1) is 0 Å². The van der Waals surface area contributed by atoms with Gasteiger partial charge < -0.3 is 16.4 Å². The maximum atomic E-state index is 0. The summed E-state index contributed by atoms with van der Waals surface area (Å²) < 4.78 is 0. The average Bonchev–Trinajstić information content (AvgIpc) is 0. The molecule has 0 unspecified atom stereocenters. The molecule has 0 amide bonds. The molecule has 0 aromatic carbocycles. The van der Waals surface area contributed by atoms with E-state index in [4.69, 9.17) is 0 Å². The van der Waals surface area contributed by atoms with Crippen LogP contribution in [0.4, 0.5) is 0 Å². The number of hydrogen-bond donors (Lipinski definition) is 0.